The van der Waals surface area contributed by atoms with Crippen molar-refractivity contribution in [3.63, 3.8) is 0 Å². The minimum Gasteiger partial charge on any atom is -0.314 e. The molecule has 1 aromatic rings. The van der Waals surface area contributed by atoms with Crippen LogP contribution in [0.15, 0.2) is 30.9 Å². The van der Waals surface area contributed by atoms with Gasteiger partial charge >= 0.3 is 6.18 Å². The van der Waals surface area contributed by atoms with Gasteiger partial charge in [0.15, 0.2) is 0 Å². The maximum Gasteiger partial charge on any atom is 0.416 e. The van der Waals surface area contributed by atoms with E-state index in [-0.39, 0.29) is 18.0 Å². The fourth-order valence-corrected chi connectivity index (χ4v) is 2.69. The first kappa shape index (κ1) is 18.9. The third-order valence-electron chi connectivity index (χ3n) is 3.66. The van der Waals surface area contributed by atoms with Gasteiger partial charge in [-0.1, -0.05) is 6.08 Å². The maximum atomic E-state index is 13.5. The molecule has 0 amide bonds. The molecule has 0 radical (unpaired) electrons. The van der Waals surface area contributed by atoms with Gasteiger partial charge in [0, 0.05) is 32.2 Å². The molecule has 22 heavy (non-hydrogen) atoms. The van der Waals surface area contributed by atoms with Gasteiger partial charge in [-0.25, -0.2) is 4.39 Å². The van der Waals surface area contributed by atoms with E-state index in [0.717, 1.165) is 18.2 Å². The van der Waals surface area contributed by atoms with Crippen LogP contribution in [0.3, 0.4) is 0 Å². The number of hydrogen-bond acceptors (Lipinski definition) is 2. The second kappa shape index (κ2) is 7.94. The van der Waals surface area contributed by atoms with Crippen LogP contribution in [-0.2, 0) is 6.18 Å². The van der Waals surface area contributed by atoms with E-state index in [2.05, 4.69) is 11.9 Å². The molecule has 124 valence electrons. The van der Waals surface area contributed by atoms with Gasteiger partial charge in [-0.2, -0.15) is 13.2 Å². The number of nitrogens with zero attached hydrogens (tertiary/aromatic N) is 1. The number of alkyl halides is 3. The van der Waals surface area contributed by atoms with Gasteiger partial charge in [-0.15, -0.1) is 19.0 Å². The van der Waals surface area contributed by atoms with E-state index in [1.54, 1.807) is 6.08 Å². The molecule has 1 heterocycles. The van der Waals surface area contributed by atoms with Gasteiger partial charge in [0.1, 0.15) is 5.82 Å². The summed E-state index contributed by atoms with van der Waals surface area (Å²) in [4.78, 5) is 1.95. The van der Waals surface area contributed by atoms with E-state index in [4.69, 9.17) is 0 Å². The van der Waals surface area contributed by atoms with Crippen molar-refractivity contribution in [2.24, 2.45) is 0 Å². The van der Waals surface area contributed by atoms with Crippen molar-refractivity contribution in [1.82, 2.24) is 10.2 Å². The van der Waals surface area contributed by atoms with Crippen molar-refractivity contribution in [3.05, 3.63) is 47.8 Å². The summed E-state index contributed by atoms with van der Waals surface area (Å²) in [6.07, 6.45) is -2.55. The Hall–Kier alpha value is -1.11. The Morgan fingerprint density at radius 2 is 1.91 bits per heavy atom. The van der Waals surface area contributed by atoms with Crippen molar-refractivity contribution < 1.29 is 17.6 Å². The maximum absolute atomic E-state index is 13.5. The Morgan fingerprint density at radius 3 is 2.45 bits per heavy atom. The lowest BCUT2D eigenvalue weighted by Crippen LogP contribution is -2.45. The minimum atomic E-state index is -4.49. The Bertz CT molecular complexity index is 499. The highest BCUT2D eigenvalue weighted by molar-refractivity contribution is 5.85. The molecule has 0 aliphatic carbocycles. The molecule has 1 atom stereocenters. The first-order valence-corrected chi connectivity index (χ1v) is 6.86. The van der Waals surface area contributed by atoms with Crippen LogP contribution in [0.4, 0.5) is 17.6 Å². The summed E-state index contributed by atoms with van der Waals surface area (Å²) < 4.78 is 53.0. The van der Waals surface area contributed by atoms with Gasteiger partial charge in [-0.3, -0.25) is 4.90 Å². The molecular weight excluding hydrogens is 320 g/mol. The molecule has 2 rings (SSSR count). The fourth-order valence-electron chi connectivity index (χ4n) is 2.69. The average Bonchev–Trinajstić information content (AvgIpc) is 2.44. The highest BCUT2D eigenvalue weighted by atomic mass is 35.5. The van der Waals surface area contributed by atoms with E-state index in [1.165, 1.54) is 0 Å². The zero-order valence-corrected chi connectivity index (χ0v) is 12.8. The molecule has 1 aliphatic rings. The Labute approximate surface area is 133 Å². The van der Waals surface area contributed by atoms with Crippen molar-refractivity contribution in [3.8, 4) is 0 Å². The molecule has 1 N–H and O–H groups in total. The second-order valence-electron chi connectivity index (χ2n) is 5.06. The molecule has 2 nitrogen and oxygen atoms in total. The minimum absolute atomic E-state index is 0. The molecule has 0 saturated carbocycles. The van der Waals surface area contributed by atoms with E-state index >= 15 is 0 Å². The van der Waals surface area contributed by atoms with Crippen LogP contribution in [0, 0.1) is 5.82 Å². The average molecular weight is 339 g/mol. The summed E-state index contributed by atoms with van der Waals surface area (Å²) in [6, 6.07) is 2.17. The number of hydrogen-bond donors (Lipinski definition) is 1. The summed E-state index contributed by atoms with van der Waals surface area (Å²) in [5.74, 6) is -0.651. The molecular formula is C15H19ClF4N2. The summed E-state index contributed by atoms with van der Waals surface area (Å²) in [6.45, 7) is 6.31. The lowest BCUT2D eigenvalue weighted by molar-refractivity contribution is -0.138. The highest BCUT2D eigenvalue weighted by Crippen LogP contribution is 2.38. The van der Waals surface area contributed by atoms with E-state index in [9.17, 15) is 17.6 Å². The molecule has 7 heteroatoms. The Balaban J connectivity index is 0.00000242. The molecule has 1 fully saturated rings. The second-order valence-corrected chi connectivity index (χ2v) is 5.06. The Morgan fingerprint density at radius 1 is 1.27 bits per heavy atom. The van der Waals surface area contributed by atoms with E-state index in [1.807, 2.05) is 4.90 Å². The predicted octanol–water partition coefficient (Wildman–Crippen LogP) is 3.79. The van der Waals surface area contributed by atoms with Crippen LogP contribution in [0.1, 0.15) is 23.6 Å². The topological polar surface area (TPSA) is 15.3 Å². The third kappa shape index (κ3) is 4.44. The van der Waals surface area contributed by atoms with Crippen LogP contribution in [0.2, 0.25) is 0 Å². The number of rotatable bonds is 4. The quantitative estimate of drug-likeness (QED) is 0.664. The molecule has 0 spiro atoms. The zero-order valence-electron chi connectivity index (χ0n) is 12.0. The largest absolute Gasteiger partial charge is 0.416 e. The molecule has 0 unspecified atom stereocenters. The smallest absolute Gasteiger partial charge is 0.314 e. The van der Waals surface area contributed by atoms with Crippen molar-refractivity contribution in [1.29, 1.82) is 0 Å². The molecule has 1 aliphatic heterocycles. The summed E-state index contributed by atoms with van der Waals surface area (Å²) in [5, 5.41) is 3.16. The lowest BCUT2D eigenvalue weighted by Gasteiger charge is -2.35. The number of benzene rings is 1. The van der Waals surface area contributed by atoms with Crippen molar-refractivity contribution >= 4 is 12.4 Å². The van der Waals surface area contributed by atoms with Crippen molar-refractivity contribution in [2.45, 2.75) is 18.6 Å². The van der Waals surface area contributed by atoms with Crippen LogP contribution >= 0.6 is 12.4 Å². The van der Waals surface area contributed by atoms with Crippen LogP contribution < -0.4 is 5.32 Å². The van der Waals surface area contributed by atoms with Crippen LogP contribution in [-0.4, -0.2) is 31.1 Å². The summed E-state index contributed by atoms with van der Waals surface area (Å²) in [5.41, 5.74) is -0.779. The SMILES string of the molecule is C=CC[C@H](c1cc(F)ccc1C(F)(F)F)N1CCNCC1.Cl. The summed E-state index contributed by atoms with van der Waals surface area (Å²) in [7, 11) is 0. The fraction of sp³-hybridized carbons (Fsp3) is 0.467. The number of halogens is 5. The van der Waals surface area contributed by atoms with Gasteiger partial charge < -0.3 is 5.32 Å². The van der Waals surface area contributed by atoms with Crippen molar-refractivity contribution in [2.75, 3.05) is 26.2 Å². The van der Waals surface area contributed by atoms with Gasteiger partial charge in [0.25, 0.3) is 0 Å². The summed E-state index contributed by atoms with van der Waals surface area (Å²) >= 11 is 0. The van der Waals surface area contributed by atoms with Gasteiger partial charge in [0.2, 0.25) is 0 Å². The van der Waals surface area contributed by atoms with Gasteiger partial charge in [-0.05, 0) is 30.2 Å². The first-order chi connectivity index (χ1) is 9.93. The van der Waals surface area contributed by atoms with Crippen LogP contribution in [0.5, 0.6) is 0 Å². The predicted molar refractivity (Wildman–Crippen MR) is 80.6 cm³/mol. The lowest BCUT2D eigenvalue weighted by atomic mass is 9.95. The van der Waals surface area contributed by atoms with Gasteiger partial charge in [0.05, 0.1) is 5.56 Å². The molecule has 0 aromatic heterocycles. The van der Waals surface area contributed by atoms with E-state index < -0.39 is 23.6 Å². The monoisotopic (exact) mass is 338 g/mol. The highest BCUT2D eigenvalue weighted by Gasteiger charge is 2.36. The first-order valence-electron chi connectivity index (χ1n) is 6.86. The number of nitrogens with one attached hydrogen (secondary N) is 1. The standard InChI is InChI=1S/C15H18F4N2.ClH/c1-2-3-14(21-8-6-20-7-9-21)12-10-11(16)4-5-13(12)15(17,18)19;/h2,4-5,10,14,20H,1,3,6-9H2;1H/t14-;/m1./s1. The molecule has 1 saturated heterocycles. The third-order valence-corrected chi connectivity index (χ3v) is 3.66. The molecule has 0 bridgehead atoms. The van der Waals surface area contributed by atoms with E-state index in [0.29, 0.717) is 32.6 Å². The molecule has 1 aromatic carbocycles. The Kier molecular flexibility index (Phi) is 6.84. The van der Waals surface area contributed by atoms with Crippen LogP contribution in [0.25, 0.3) is 0 Å². The zero-order chi connectivity index (χ0) is 15.5. The number of piperazine rings is 1. The normalized spacial score (nSPS) is 17.6.